The van der Waals surface area contributed by atoms with Crippen LogP contribution in [0.4, 0.5) is 5.69 Å². The van der Waals surface area contributed by atoms with Gasteiger partial charge in [-0.3, -0.25) is 4.98 Å². The van der Waals surface area contributed by atoms with Crippen LogP contribution in [0.25, 0.3) is 0 Å². The molecule has 0 amide bonds. The lowest BCUT2D eigenvalue weighted by molar-refractivity contribution is 0.153. The summed E-state index contributed by atoms with van der Waals surface area (Å²) in [6, 6.07) is 1.87. The van der Waals surface area contributed by atoms with E-state index in [4.69, 9.17) is 0 Å². The minimum absolute atomic E-state index is 0.180. The molecule has 4 heteroatoms. The van der Waals surface area contributed by atoms with Crippen LogP contribution in [0, 0.1) is 5.92 Å². The summed E-state index contributed by atoms with van der Waals surface area (Å²) in [4.78, 5) is 3.98. The van der Waals surface area contributed by atoms with E-state index in [9.17, 15) is 5.11 Å². The van der Waals surface area contributed by atoms with Gasteiger partial charge in [0.25, 0.3) is 0 Å². The van der Waals surface area contributed by atoms with Crippen LogP contribution in [0.3, 0.4) is 0 Å². The number of anilines is 1. The predicted octanol–water partition coefficient (Wildman–Crippen LogP) is 2.23. The van der Waals surface area contributed by atoms with Crippen molar-refractivity contribution in [1.29, 1.82) is 0 Å². The molecule has 3 nitrogen and oxygen atoms in total. The Bertz CT molecular complexity index is 278. The number of rotatable bonds is 3. The van der Waals surface area contributed by atoms with Gasteiger partial charge in [-0.2, -0.15) is 0 Å². The Morgan fingerprint density at radius 3 is 2.69 bits per heavy atom. The third-order valence-corrected chi connectivity index (χ3v) is 2.08. The average molecular weight is 245 g/mol. The standard InChI is InChI=1S/C9H13BrN2O/c1-6(2)9(13)12-8-3-7(10)4-11-5-8/h3-6,9,12-13H,1-2H3. The van der Waals surface area contributed by atoms with Crippen LogP contribution in [-0.2, 0) is 0 Å². The Labute approximate surface area is 86.3 Å². The van der Waals surface area contributed by atoms with Crippen LogP contribution in [0.15, 0.2) is 22.9 Å². The van der Waals surface area contributed by atoms with E-state index >= 15 is 0 Å². The Kier molecular flexibility index (Phi) is 3.69. The Morgan fingerprint density at radius 2 is 2.15 bits per heavy atom. The molecule has 0 fully saturated rings. The van der Waals surface area contributed by atoms with Gasteiger partial charge in [-0.05, 0) is 27.9 Å². The molecule has 13 heavy (non-hydrogen) atoms. The van der Waals surface area contributed by atoms with Gasteiger partial charge in [0.2, 0.25) is 0 Å². The highest BCUT2D eigenvalue weighted by molar-refractivity contribution is 9.10. The van der Waals surface area contributed by atoms with Crippen molar-refractivity contribution in [3.8, 4) is 0 Å². The lowest BCUT2D eigenvalue weighted by Gasteiger charge is -2.17. The normalized spacial score (nSPS) is 13.0. The summed E-state index contributed by atoms with van der Waals surface area (Å²) in [6.07, 6.45) is 2.85. The van der Waals surface area contributed by atoms with E-state index in [1.807, 2.05) is 19.9 Å². The van der Waals surface area contributed by atoms with Gasteiger partial charge in [0, 0.05) is 10.7 Å². The molecule has 1 aromatic rings. The van der Waals surface area contributed by atoms with E-state index < -0.39 is 6.23 Å². The van der Waals surface area contributed by atoms with Crippen molar-refractivity contribution in [3.63, 3.8) is 0 Å². The minimum atomic E-state index is -0.531. The molecule has 1 atom stereocenters. The summed E-state index contributed by atoms with van der Waals surface area (Å²) in [5.41, 5.74) is 0.815. The molecule has 1 unspecified atom stereocenters. The zero-order valence-corrected chi connectivity index (χ0v) is 9.25. The van der Waals surface area contributed by atoms with Gasteiger partial charge in [-0.25, -0.2) is 0 Å². The van der Waals surface area contributed by atoms with E-state index in [1.54, 1.807) is 12.4 Å². The summed E-state index contributed by atoms with van der Waals surface area (Å²) in [6.45, 7) is 3.89. The first-order chi connectivity index (χ1) is 6.09. The summed E-state index contributed by atoms with van der Waals surface area (Å²) in [5, 5.41) is 12.5. The number of aromatic nitrogens is 1. The zero-order chi connectivity index (χ0) is 9.84. The lowest BCUT2D eigenvalue weighted by Crippen LogP contribution is -2.24. The fourth-order valence-corrected chi connectivity index (χ4v) is 1.19. The molecule has 1 rings (SSSR count). The number of aliphatic hydroxyl groups excluding tert-OH is 1. The van der Waals surface area contributed by atoms with E-state index in [1.165, 1.54) is 0 Å². The topological polar surface area (TPSA) is 45.1 Å². The molecular weight excluding hydrogens is 232 g/mol. The van der Waals surface area contributed by atoms with Gasteiger partial charge in [0.05, 0.1) is 11.9 Å². The summed E-state index contributed by atoms with van der Waals surface area (Å²) >= 11 is 3.30. The van der Waals surface area contributed by atoms with Gasteiger partial charge in [0.15, 0.2) is 0 Å². The first kappa shape index (κ1) is 10.5. The molecular formula is C9H13BrN2O. The van der Waals surface area contributed by atoms with Gasteiger partial charge >= 0.3 is 0 Å². The first-order valence-corrected chi connectivity index (χ1v) is 4.94. The van der Waals surface area contributed by atoms with Crippen LogP contribution < -0.4 is 5.32 Å². The predicted molar refractivity (Wildman–Crippen MR) is 56.4 cm³/mol. The number of nitrogens with zero attached hydrogens (tertiary/aromatic N) is 1. The maximum absolute atomic E-state index is 9.52. The number of nitrogens with one attached hydrogen (secondary N) is 1. The first-order valence-electron chi connectivity index (χ1n) is 4.14. The molecule has 0 aromatic carbocycles. The van der Waals surface area contributed by atoms with Gasteiger partial charge in [-0.1, -0.05) is 13.8 Å². The highest BCUT2D eigenvalue weighted by Crippen LogP contribution is 2.15. The molecule has 0 saturated carbocycles. The third-order valence-electron chi connectivity index (χ3n) is 1.65. The quantitative estimate of drug-likeness (QED) is 0.802. The van der Waals surface area contributed by atoms with E-state index in [2.05, 4.69) is 26.2 Å². The molecule has 0 aliphatic heterocycles. The van der Waals surface area contributed by atoms with Gasteiger partial charge in [0.1, 0.15) is 6.23 Å². The van der Waals surface area contributed by atoms with E-state index in [-0.39, 0.29) is 5.92 Å². The minimum Gasteiger partial charge on any atom is -0.374 e. The summed E-state index contributed by atoms with van der Waals surface area (Å²) < 4.78 is 0.897. The van der Waals surface area contributed by atoms with Crippen molar-refractivity contribution < 1.29 is 5.11 Å². The Balaban J connectivity index is 2.64. The number of hydrogen-bond acceptors (Lipinski definition) is 3. The Hall–Kier alpha value is -0.610. The maximum atomic E-state index is 9.52. The molecule has 2 N–H and O–H groups in total. The molecule has 1 aromatic heterocycles. The molecule has 72 valence electrons. The lowest BCUT2D eigenvalue weighted by atomic mass is 10.2. The molecule has 0 bridgehead atoms. The summed E-state index contributed by atoms with van der Waals surface area (Å²) in [5.74, 6) is 0.180. The van der Waals surface area contributed by atoms with Gasteiger partial charge in [-0.15, -0.1) is 0 Å². The number of aliphatic hydroxyl groups is 1. The fraction of sp³-hybridized carbons (Fsp3) is 0.444. The van der Waals surface area contributed by atoms with Crippen LogP contribution >= 0.6 is 15.9 Å². The smallest absolute Gasteiger partial charge is 0.126 e. The molecule has 1 heterocycles. The zero-order valence-electron chi connectivity index (χ0n) is 7.66. The van der Waals surface area contributed by atoms with Gasteiger partial charge < -0.3 is 10.4 Å². The van der Waals surface area contributed by atoms with Crippen LogP contribution in [0.5, 0.6) is 0 Å². The second kappa shape index (κ2) is 4.58. The largest absolute Gasteiger partial charge is 0.374 e. The molecule has 0 spiro atoms. The van der Waals surface area contributed by atoms with Crippen molar-refractivity contribution in [1.82, 2.24) is 4.98 Å². The number of hydrogen-bond donors (Lipinski definition) is 2. The second-order valence-electron chi connectivity index (χ2n) is 3.23. The molecule has 0 saturated heterocycles. The van der Waals surface area contributed by atoms with E-state index in [0.29, 0.717) is 0 Å². The van der Waals surface area contributed by atoms with Crippen LogP contribution in [-0.4, -0.2) is 16.3 Å². The number of pyridine rings is 1. The van der Waals surface area contributed by atoms with Crippen molar-refractivity contribution in [2.75, 3.05) is 5.32 Å². The average Bonchev–Trinajstić information content (AvgIpc) is 2.04. The second-order valence-corrected chi connectivity index (χ2v) is 4.14. The van der Waals surface area contributed by atoms with E-state index in [0.717, 1.165) is 10.2 Å². The molecule has 0 aliphatic rings. The van der Waals surface area contributed by atoms with Crippen molar-refractivity contribution in [2.45, 2.75) is 20.1 Å². The van der Waals surface area contributed by atoms with Crippen molar-refractivity contribution >= 4 is 21.6 Å². The highest BCUT2D eigenvalue weighted by atomic mass is 79.9. The third kappa shape index (κ3) is 3.32. The number of halogens is 1. The van der Waals surface area contributed by atoms with Crippen molar-refractivity contribution in [2.24, 2.45) is 5.92 Å². The monoisotopic (exact) mass is 244 g/mol. The molecule has 0 aliphatic carbocycles. The fourth-order valence-electron chi connectivity index (χ4n) is 0.828. The van der Waals surface area contributed by atoms with Crippen LogP contribution in [0.1, 0.15) is 13.8 Å². The SMILES string of the molecule is CC(C)C(O)Nc1cncc(Br)c1. The van der Waals surface area contributed by atoms with Crippen LogP contribution in [0.2, 0.25) is 0 Å². The maximum Gasteiger partial charge on any atom is 0.126 e. The Morgan fingerprint density at radius 1 is 1.46 bits per heavy atom. The van der Waals surface area contributed by atoms with Crippen molar-refractivity contribution in [3.05, 3.63) is 22.9 Å². The molecule has 0 radical (unpaired) electrons. The summed E-state index contributed by atoms with van der Waals surface area (Å²) in [7, 11) is 0. The highest BCUT2D eigenvalue weighted by Gasteiger charge is 2.08.